The van der Waals surface area contributed by atoms with Crippen LogP contribution in [0, 0.1) is 0 Å². The molecule has 1 aliphatic rings. The number of hydrogen-bond donors (Lipinski definition) is 1. The van der Waals surface area contributed by atoms with Crippen LogP contribution in [0.4, 0.5) is 11.4 Å². The molecule has 1 aliphatic heterocycles. The summed E-state index contributed by atoms with van der Waals surface area (Å²) in [5, 5.41) is 0. The van der Waals surface area contributed by atoms with Gasteiger partial charge in [-0.2, -0.15) is 0 Å². The van der Waals surface area contributed by atoms with Crippen molar-refractivity contribution in [2.45, 2.75) is 26.3 Å². The molecule has 5 heteroatoms. The van der Waals surface area contributed by atoms with Crippen molar-refractivity contribution in [2.24, 2.45) is 0 Å². The zero-order valence-electron chi connectivity index (χ0n) is 12.9. The Morgan fingerprint density at radius 2 is 2.00 bits per heavy atom. The molecular formula is C16H25N3O2. The third-order valence-corrected chi connectivity index (χ3v) is 3.94. The molecule has 0 spiro atoms. The Hall–Kier alpha value is -1.75. The molecule has 2 rings (SSSR count). The molecule has 1 aromatic carbocycles. The Morgan fingerprint density at radius 3 is 2.57 bits per heavy atom. The fraction of sp³-hybridized carbons (Fsp3) is 0.562. The molecule has 0 aromatic heterocycles. The van der Waals surface area contributed by atoms with Crippen LogP contribution in [0.15, 0.2) is 24.3 Å². The lowest BCUT2D eigenvalue weighted by Crippen LogP contribution is -2.53. The van der Waals surface area contributed by atoms with Crippen LogP contribution in [0.1, 0.15) is 20.3 Å². The van der Waals surface area contributed by atoms with Gasteiger partial charge < -0.3 is 15.4 Å². The second-order valence-electron chi connectivity index (χ2n) is 5.29. The lowest BCUT2D eigenvalue weighted by molar-refractivity contribution is -0.149. The van der Waals surface area contributed by atoms with Crippen LogP contribution in [0.2, 0.25) is 0 Å². The van der Waals surface area contributed by atoms with Crippen LogP contribution in [0.5, 0.6) is 0 Å². The average Bonchev–Trinajstić information content (AvgIpc) is 2.49. The third kappa shape index (κ3) is 3.88. The predicted octanol–water partition coefficient (Wildman–Crippen LogP) is 1.73. The standard InChI is InChI=1S/C16H25N3O2/c1-3-15(16(20)21-4-2)19-10-8-18(9-11-19)14-7-5-6-13(17)12-14/h5-7,12,15H,3-4,8-11,17H2,1-2H3. The van der Waals surface area contributed by atoms with Crippen molar-refractivity contribution in [1.29, 1.82) is 0 Å². The maximum atomic E-state index is 12.0. The van der Waals surface area contributed by atoms with E-state index in [9.17, 15) is 4.79 Å². The summed E-state index contributed by atoms with van der Waals surface area (Å²) in [7, 11) is 0. The van der Waals surface area contributed by atoms with E-state index in [2.05, 4.69) is 15.9 Å². The summed E-state index contributed by atoms with van der Waals surface area (Å²) in [4.78, 5) is 16.5. The van der Waals surface area contributed by atoms with Gasteiger partial charge in [0.05, 0.1) is 6.61 Å². The second-order valence-corrected chi connectivity index (χ2v) is 5.29. The van der Waals surface area contributed by atoms with Crippen molar-refractivity contribution in [2.75, 3.05) is 43.4 Å². The molecule has 0 radical (unpaired) electrons. The molecule has 5 nitrogen and oxygen atoms in total. The molecule has 2 N–H and O–H groups in total. The normalized spacial score (nSPS) is 17.5. The quantitative estimate of drug-likeness (QED) is 0.661. The molecule has 1 fully saturated rings. The number of nitrogens with zero attached hydrogens (tertiary/aromatic N) is 2. The van der Waals surface area contributed by atoms with Crippen LogP contribution in [0.25, 0.3) is 0 Å². The highest BCUT2D eigenvalue weighted by molar-refractivity contribution is 5.75. The number of piperazine rings is 1. The Bertz CT molecular complexity index is 470. The molecule has 0 bridgehead atoms. The molecule has 0 aliphatic carbocycles. The number of anilines is 2. The highest BCUT2D eigenvalue weighted by Gasteiger charge is 2.28. The van der Waals surface area contributed by atoms with Gasteiger partial charge in [-0.1, -0.05) is 13.0 Å². The van der Waals surface area contributed by atoms with E-state index in [0.717, 1.165) is 44.0 Å². The molecule has 0 saturated carbocycles. The van der Waals surface area contributed by atoms with Gasteiger partial charge in [0.25, 0.3) is 0 Å². The largest absolute Gasteiger partial charge is 0.465 e. The van der Waals surface area contributed by atoms with Crippen molar-refractivity contribution in [3.63, 3.8) is 0 Å². The first-order valence-electron chi connectivity index (χ1n) is 7.66. The van der Waals surface area contributed by atoms with Crippen LogP contribution < -0.4 is 10.6 Å². The SMILES string of the molecule is CCOC(=O)C(CC)N1CCN(c2cccc(N)c2)CC1. The second kappa shape index (κ2) is 7.31. The van der Waals surface area contributed by atoms with Gasteiger partial charge in [0.2, 0.25) is 0 Å². The van der Waals surface area contributed by atoms with E-state index in [1.165, 1.54) is 0 Å². The van der Waals surface area contributed by atoms with Gasteiger partial charge in [-0.05, 0) is 31.5 Å². The summed E-state index contributed by atoms with van der Waals surface area (Å²) in [5.41, 5.74) is 7.77. The summed E-state index contributed by atoms with van der Waals surface area (Å²) < 4.78 is 5.16. The topological polar surface area (TPSA) is 58.8 Å². The molecule has 1 saturated heterocycles. The van der Waals surface area contributed by atoms with E-state index >= 15 is 0 Å². The maximum absolute atomic E-state index is 12.0. The van der Waals surface area contributed by atoms with Crippen LogP contribution in [-0.2, 0) is 9.53 Å². The van der Waals surface area contributed by atoms with Crippen molar-refractivity contribution in [1.82, 2.24) is 4.90 Å². The Labute approximate surface area is 126 Å². The Morgan fingerprint density at radius 1 is 1.29 bits per heavy atom. The van der Waals surface area contributed by atoms with E-state index < -0.39 is 0 Å². The fourth-order valence-corrected chi connectivity index (χ4v) is 2.83. The molecule has 1 unspecified atom stereocenters. The minimum atomic E-state index is -0.118. The summed E-state index contributed by atoms with van der Waals surface area (Å²) in [5.74, 6) is -0.0996. The number of nitrogens with two attached hydrogens (primary N) is 1. The van der Waals surface area contributed by atoms with Gasteiger partial charge in [0.1, 0.15) is 6.04 Å². The van der Waals surface area contributed by atoms with Gasteiger partial charge in [-0.25, -0.2) is 0 Å². The number of rotatable bonds is 5. The molecule has 116 valence electrons. The minimum absolute atomic E-state index is 0.0996. The van der Waals surface area contributed by atoms with Gasteiger partial charge >= 0.3 is 5.97 Å². The number of benzene rings is 1. The highest BCUT2D eigenvalue weighted by atomic mass is 16.5. The average molecular weight is 291 g/mol. The summed E-state index contributed by atoms with van der Waals surface area (Å²) in [6.45, 7) is 7.86. The Kier molecular flexibility index (Phi) is 5.44. The summed E-state index contributed by atoms with van der Waals surface area (Å²) in [6, 6.07) is 7.83. The number of carbonyl (C=O) groups excluding carboxylic acids is 1. The van der Waals surface area contributed by atoms with Crippen molar-refractivity contribution in [3.8, 4) is 0 Å². The number of hydrogen-bond acceptors (Lipinski definition) is 5. The van der Waals surface area contributed by atoms with Gasteiger partial charge in [-0.15, -0.1) is 0 Å². The van der Waals surface area contributed by atoms with Crippen LogP contribution in [0.3, 0.4) is 0 Å². The van der Waals surface area contributed by atoms with Crippen molar-refractivity contribution < 1.29 is 9.53 Å². The molecule has 1 heterocycles. The van der Waals surface area contributed by atoms with Crippen molar-refractivity contribution in [3.05, 3.63) is 24.3 Å². The monoisotopic (exact) mass is 291 g/mol. The predicted molar refractivity (Wildman–Crippen MR) is 85.4 cm³/mol. The fourth-order valence-electron chi connectivity index (χ4n) is 2.83. The van der Waals surface area contributed by atoms with Crippen LogP contribution in [-0.4, -0.2) is 49.7 Å². The van der Waals surface area contributed by atoms with Gasteiger partial charge in [0.15, 0.2) is 0 Å². The number of esters is 1. The van der Waals surface area contributed by atoms with E-state index in [0.29, 0.717) is 6.61 Å². The minimum Gasteiger partial charge on any atom is -0.465 e. The first-order valence-corrected chi connectivity index (χ1v) is 7.66. The highest BCUT2D eigenvalue weighted by Crippen LogP contribution is 2.20. The molecule has 21 heavy (non-hydrogen) atoms. The lowest BCUT2D eigenvalue weighted by atomic mass is 10.1. The van der Waals surface area contributed by atoms with E-state index in [1.54, 1.807) is 0 Å². The van der Waals surface area contributed by atoms with E-state index in [4.69, 9.17) is 10.5 Å². The van der Waals surface area contributed by atoms with Crippen molar-refractivity contribution >= 4 is 17.3 Å². The number of carbonyl (C=O) groups is 1. The smallest absolute Gasteiger partial charge is 0.323 e. The third-order valence-electron chi connectivity index (χ3n) is 3.94. The number of ether oxygens (including phenoxy) is 1. The molecule has 1 aromatic rings. The van der Waals surface area contributed by atoms with E-state index in [1.807, 2.05) is 32.0 Å². The zero-order chi connectivity index (χ0) is 15.2. The van der Waals surface area contributed by atoms with Crippen LogP contribution >= 0.6 is 0 Å². The Balaban J connectivity index is 1.94. The van der Waals surface area contributed by atoms with Gasteiger partial charge in [-0.3, -0.25) is 9.69 Å². The molecular weight excluding hydrogens is 266 g/mol. The first-order chi connectivity index (χ1) is 10.2. The maximum Gasteiger partial charge on any atom is 0.323 e. The number of nitrogen functional groups attached to an aromatic ring is 1. The molecule has 0 amide bonds. The van der Waals surface area contributed by atoms with E-state index in [-0.39, 0.29) is 12.0 Å². The lowest BCUT2D eigenvalue weighted by Gasteiger charge is -2.39. The summed E-state index contributed by atoms with van der Waals surface area (Å²) >= 11 is 0. The first kappa shape index (κ1) is 15.6. The molecule has 1 atom stereocenters. The zero-order valence-corrected chi connectivity index (χ0v) is 12.9. The summed E-state index contributed by atoms with van der Waals surface area (Å²) in [6.07, 6.45) is 0.789. The van der Waals surface area contributed by atoms with Gasteiger partial charge in [0, 0.05) is 37.6 Å².